The highest BCUT2D eigenvalue weighted by Crippen LogP contribution is 2.17. The molecular formula is C23H23N5O4. The molecule has 1 aliphatic rings. The maximum Gasteiger partial charge on any atom is 0.292 e. The molecule has 1 aliphatic heterocycles. The highest BCUT2D eigenvalue weighted by Gasteiger charge is 2.26. The number of hydrogen-bond donors (Lipinski definition) is 2. The van der Waals surface area contributed by atoms with Gasteiger partial charge in [0.15, 0.2) is 17.3 Å². The quantitative estimate of drug-likeness (QED) is 0.639. The van der Waals surface area contributed by atoms with Gasteiger partial charge in [0.2, 0.25) is 0 Å². The minimum absolute atomic E-state index is 0.00775. The van der Waals surface area contributed by atoms with Crippen LogP contribution in [0, 0.1) is 6.92 Å². The molecule has 9 heteroatoms. The van der Waals surface area contributed by atoms with Gasteiger partial charge in [0, 0.05) is 37.1 Å². The zero-order chi connectivity index (χ0) is 22.5. The normalized spacial score (nSPS) is 14.1. The standard InChI is InChI=1S/C23H23N5O4/c1-15-4-6-16(7-5-15)23(31)28-12-8-17(9-13-28)26-22(30)19-20(25-11-10-24-19)27-21(29)18-3-2-14-32-18/h2-7,10-11,14,17H,8-9,12-13H2,1H3,(H,26,30)(H,25,27,29). The third-order valence-corrected chi connectivity index (χ3v) is 5.31. The second-order valence-corrected chi connectivity index (χ2v) is 7.59. The van der Waals surface area contributed by atoms with Crippen molar-refractivity contribution in [3.63, 3.8) is 0 Å². The van der Waals surface area contributed by atoms with E-state index < -0.39 is 11.8 Å². The summed E-state index contributed by atoms with van der Waals surface area (Å²) in [6, 6.07) is 10.5. The van der Waals surface area contributed by atoms with E-state index in [1.54, 1.807) is 11.0 Å². The van der Waals surface area contributed by atoms with Crippen LogP contribution in [-0.4, -0.2) is 51.7 Å². The molecule has 0 spiro atoms. The Balaban J connectivity index is 1.35. The monoisotopic (exact) mass is 433 g/mol. The van der Waals surface area contributed by atoms with E-state index in [-0.39, 0.29) is 29.2 Å². The summed E-state index contributed by atoms with van der Waals surface area (Å²) >= 11 is 0. The van der Waals surface area contributed by atoms with E-state index in [2.05, 4.69) is 20.6 Å². The molecule has 1 fully saturated rings. The molecule has 2 aromatic heterocycles. The van der Waals surface area contributed by atoms with Gasteiger partial charge in [-0.1, -0.05) is 17.7 Å². The Morgan fingerprint density at radius 3 is 2.41 bits per heavy atom. The van der Waals surface area contributed by atoms with E-state index in [0.29, 0.717) is 31.5 Å². The lowest BCUT2D eigenvalue weighted by Crippen LogP contribution is -2.46. The summed E-state index contributed by atoms with van der Waals surface area (Å²) in [6.07, 6.45) is 5.41. The summed E-state index contributed by atoms with van der Waals surface area (Å²) < 4.78 is 5.06. The fourth-order valence-electron chi connectivity index (χ4n) is 3.53. The molecule has 0 radical (unpaired) electrons. The summed E-state index contributed by atoms with van der Waals surface area (Å²) in [4.78, 5) is 47.7. The van der Waals surface area contributed by atoms with Crippen LogP contribution in [0.4, 0.5) is 5.82 Å². The first-order valence-electron chi connectivity index (χ1n) is 10.3. The largest absolute Gasteiger partial charge is 0.459 e. The molecule has 9 nitrogen and oxygen atoms in total. The number of furan rings is 1. The Morgan fingerprint density at radius 1 is 1.00 bits per heavy atom. The highest BCUT2D eigenvalue weighted by molar-refractivity contribution is 6.06. The number of piperidine rings is 1. The lowest BCUT2D eigenvalue weighted by molar-refractivity contribution is 0.0697. The number of rotatable bonds is 5. The number of carbonyl (C=O) groups is 3. The van der Waals surface area contributed by atoms with Crippen molar-refractivity contribution in [2.75, 3.05) is 18.4 Å². The van der Waals surface area contributed by atoms with Crippen molar-refractivity contribution in [1.82, 2.24) is 20.2 Å². The van der Waals surface area contributed by atoms with Crippen molar-refractivity contribution < 1.29 is 18.8 Å². The molecule has 164 valence electrons. The van der Waals surface area contributed by atoms with Crippen LogP contribution in [0.5, 0.6) is 0 Å². The summed E-state index contributed by atoms with van der Waals surface area (Å²) in [5.74, 6) is -0.804. The number of aryl methyl sites for hydroxylation is 1. The van der Waals surface area contributed by atoms with Gasteiger partial charge in [0.05, 0.1) is 6.26 Å². The number of likely N-dealkylation sites (tertiary alicyclic amines) is 1. The Morgan fingerprint density at radius 2 is 1.72 bits per heavy atom. The van der Waals surface area contributed by atoms with E-state index >= 15 is 0 Å². The first-order valence-corrected chi connectivity index (χ1v) is 10.3. The summed E-state index contributed by atoms with van der Waals surface area (Å²) in [5, 5.41) is 5.49. The molecule has 0 unspecified atom stereocenters. The summed E-state index contributed by atoms with van der Waals surface area (Å²) in [5.41, 5.74) is 1.78. The van der Waals surface area contributed by atoms with E-state index in [4.69, 9.17) is 4.42 Å². The zero-order valence-corrected chi connectivity index (χ0v) is 17.6. The van der Waals surface area contributed by atoms with Crippen molar-refractivity contribution in [3.05, 3.63) is 77.6 Å². The average Bonchev–Trinajstić information content (AvgIpc) is 3.35. The first kappa shape index (κ1) is 21.2. The second-order valence-electron chi connectivity index (χ2n) is 7.59. The fraction of sp³-hybridized carbons (Fsp3) is 0.261. The van der Waals surface area contributed by atoms with Gasteiger partial charge in [-0.3, -0.25) is 14.4 Å². The SMILES string of the molecule is Cc1ccc(C(=O)N2CCC(NC(=O)c3nccnc3NC(=O)c3ccco3)CC2)cc1. The maximum atomic E-state index is 12.8. The smallest absolute Gasteiger partial charge is 0.292 e. The first-order chi connectivity index (χ1) is 15.5. The number of aromatic nitrogens is 2. The Kier molecular flexibility index (Phi) is 6.25. The summed E-state index contributed by atoms with van der Waals surface area (Å²) in [6.45, 7) is 3.06. The van der Waals surface area contributed by atoms with Crippen LogP contribution < -0.4 is 10.6 Å². The molecule has 3 aromatic rings. The van der Waals surface area contributed by atoms with Crippen molar-refractivity contribution in [2.24, 2.45) is 0 Å². The van der Waals surface area contributed by atoms with E-state index in [0.717, 1.165) is 5.56 Å². The number of benzene rings is 1. The number of anilines is 1. The van der Waals surface area contributed by atoms with Crippen LogP contribution in [0.3, 0.4) is 0 Å². The predicted octanol–water partition coefficient (Wildman–Crippen LogP) is 2.66. The summed E-state index contributed by atoms with van der Waals surface area (Å²) in [7, 11) is 0. The molecule has 1 aromatic carbocycles. The van der Waals surface area contributed by atoms with Crippen LogP contribution in [0.1, 0.15) is 49.8 Å². The number of nitrogens with zero attached hydrogens (tertiary/aromatic N) is 3. The van der Waals surface area contributed by atoms with Gasteiger partial charge in [-0.2, -0.15) is 0 Å². The number of amides is 3. The molecule has 32 heavy (non-hydrogen) atoms. The van der Waals surface area contributed by atoms with Crippen molar-refractivity contribution in [2.45, 2.75) is 25.8 Å². The molecular weight excluding hydrogens is 410 g/mol. The van der Waals surface area contributed by atoms with Crippen LogP contribution in [0.2, 0.25) is 0 Å². The molecule has 3 heterocycles. The van der Waals surface area contributed by atoms with Gasteiger partial charge in [0.25, 0.3) is 17.7 Å². The van der Waals surface area contributed by atoms with Crippen LogP contribution in [0.15, 0.2) is 59.5 Å². The van der Waals surface area contributed by atoms with Crippen molar-refractivity contribution in [1.29, 1.82) is 0 Å². The fourth-order valence-corrected chi connectivity index (χ4v) is 3.53. The Hall–Kier alpha value is -4.01. The molecule has 0 aliphatic carbocycles. The van der Waals surface area contributed by atoms with Gasteiger partial charge in [-0.25, -0.2) is 9.97 Å². The van der Waals surface area contributed by atoms with Crippen molar-refractivity contribution >= 4 is 23.5 Å². The molecule has 1 saturated heterocycles. The minimum atomic E-state index is -0.521. The zero-order valence-electron chi connectivity index (χ0n) is 17.6. The second kappa shape index (κ2) is 9.42. The van der Waals surface area contributed by atoms with Crippen molar-refractivity contribution in [3.8, 4) is 0 Å². The molecule has 0 bridgehead atoms. The topological polar surface area (TPSA) is 117 Å². The number of hydrogen-bond acceptors (Lipinski definition) is 6. The highest BCUT2D eigenvalue weighted by atomic mass is 16.3. The lowest BCUT2D eigenvalue weighted by Gasteiger charge is -2.32. The van der Waals surface area contributed by atoms with Gasteiger partial charge < -0.3 is 20.0 Å². The Labute approximate surface area is 184 Å². The van der Waals surface area contributed by atoms with Gasteiger partial charge in [0.1, 0.15) is 0 Å². The molecule has 3 amide bonds. The van der Waals surface area contributed by atoms with Gasteiger partial charge in [-0.05, 0) is 44.0 Å². The van der Waals surface area contributed by atoms with Crippen LogP contribution in [-0.2, 0) is 0 Å². The molecule has 4 rings (SSSR count). The van der Waals surface area contributed by atoms with Gasteiger partial charge >= 0.3 is 0 Å². The van der Waals surface area contributed by atoms with E-state index in [1.165, 1.54) is 24.7 Å². The van der Waals surface area contributed by atoms with E-state index in [1.807, 2.05) is 31.2 Å². The third-order valence-electron chi connectivity index (χ3n) is 5.31. The minimum Gasteiger partial charge on any atom is -0.459 e. The predicted molar refractivity (Wildman–Crippen MR) is 116 cm³/mol. The lowest BCUT2D eigenvalue weighted by atomic mass is 10.0. The van der Waals surface area contributed by atoms with Crippen LogP contribution in [0.25, 0.3) is 0 Å². The van der Waals surface area contributed by atoms with Gasteiger partial charge in [-0.15, -0.1) is 0 Å². The number of nitrogens with one attached hydrogen (secondary N) is 2. The molecule has 0 atom stereocenters. The third kappa shape index (κ3) is 4.83. The average molecular weight is 433 g/mol. The molecule has 2 N–H and O–H groups in total. The van der Waals surface area contributed by atoms with E-state index in [9.17, 15) is 14.4 Å². The van der Waals surface area contributed by atoms with Crippen LogP contribution >= 0.6 is 0 Å². The Bertz CT molecular complexity index is 1100. The number of carbonyl (C=O) groups excluding carboxylic acids is 3. The molecule has 0 saturated carbocycles. The maximum absolute atomic E-state index is 12.8.